The van der Waals surface area contributed by atoms with Crippen molar-refractivity contribution in [2.45, 2.75) is 6.10 Å². The van der Waals surface area contributed by atoms with Gasteiger partial charge in [0.25, 0.3) is 0 Å². The summed E-state index contributed by atoms with van der Waals surface area (Å²) >= 11 is 0. The minimum absolute atomic E-state index is 0.229. The fourth-order valence-electron chi connectivity index (χ4n) is 2.33. The smallest absolute Gasteiger partial charge is 0.162 e. The third-order valence-corrected chi connectivity index (χ3v) is 3.30. The van der Waals surface area contributed by atoms with Crippen LogP contribution < -0.4 is 19.7 Å². The zero-order valence-electron chi connectivity index (χ0n) is 11.8. The monoisotopic (exact) mass is 266 g/mol. The van der Waals surface area contributed by atoms with Crippen LogP contribution in [0.3, 0.4) is 0 Å². The molecule has 0 amide bonds. The Bertz CT molecular complexity index is 410. The molecule has 2 rings (SSSR count). The van der Waals surface area contributed by atoms with Gasteiger partial charge >= 0.3 is 0 Å². The number of nitrogens with one attached hydrogen (secondary N) is 1. The average Bonchev–Trinajstić information content (AvgIpc) is 2.47. The Balaban J connectivity index is 2.12. The number of likely N-dealkylation sites (N-methyl/N-ethyl adjacent to an activating group) is 1. The van der Waals surface area contributed by atoms with Gasteiger partial charge in [0.05, 0.1) is 26.9 Å². The van der Waals surface area contributed by atoms with Gasteiger partial charge in [-0.05, 0) is 19.2 Å². The molecule has 0 radical (unpaired) electrons. The zero-order valence-corrected chi connectivity index (χ0v) is 11.8. The standard InChI is InChI=1S/C14H22N2O3/c1-15-9-12-10-16(6-7-19-12)11-4-5-13(17-2)14(8-11)18-3/h4-5,8,12,15H,6-7,9-10H2,1-3H3. The van der Waals surface area contributed by atoms with Crippen LogP contribution in [-0.4, -0.2) is 53.6 Å². The highest BCUT2D eigenvalue weighted by atomic mass is 16.5. The van der Waals surface area contributed by atoms with Gasteiger partial charge in [-0.2, -0.15) is 0 Å². The summed E-state index contributed by atoms with van der Waals surface area (Å²) in [6, 6.07) is 6.01. The second-order valence-corrected chi connectivity index (χ2v) is 4.54. The largest absolute Gasteiger partial charge is 0.493 e. The molecular weight excluding hydrogens is 244 g/mol. The summed E-state index contributed by atoms with van der Waals surface area (Å²) in [6.07, 6.45) is 0.229. The van der Waals surface area contributed by atoms with Gasteiger partial charge in [-0.1, -0.05) is 0 Å². The molecule has 0 bridgehead atoms. The number of rotatable bonds is 5. The van der Waals surface area contributed by atoms with Gasteiger partial charge in [0.15, 0.2) is 11.5 Å². The molecule has 1 aromatic carbocycles. The van der Waals surface area contributed by atoms with Gasteiger partial charge < -0.3 is 24.4 Å². The lowest BCUT2D eigenvalue weighted by Crippen LogP contribution is -2.46. The van der Waals surface area contributed by atoms with Crippen LogP contribution in [0.25, 0.3) is 0 Å². The van der Waals surface area contributed by atoms with Crippen molar-refractivity contribution in [2.24, 2.45) is 0 Å². The molecule has 0 aliphatic carbocycles. The van der Waals surface area contributed by atoms with Gasteiger partial charge in [0.2, 0.25) is 0 Å². The van der Waals surface area contributed by atoms with E-state index in [1.54, 1.807) is 14.2 Å². The third-order valence-electron chi connectivity index (χ3n) is 3.30. The fraction of sp³-hybridized carbons (Fsp3) is 0.571. The summed E-state index contributed by atoms with van der Waals surface area (Å²) in [6.45, 7) is 3.40. The third kappa shape index (κ3) is 3.30. The van der Waals surface area contributed by atoms with Crippen LogP contribution in [0.4, 0.5) is 5.69 Å². The second kappa shape index (κ2) is 6.63. The summed E-state index contributed by atoms with van der Waals surface area (Å²) in [5.74, 6) is 1.52. The molecular formula is C14H22N2O3. The Morgan fingerprint density at radius 3 is 2.79 bits per heavy atom. The number of morpholine rings is 1. The van der Waals surface area contributed by atoms with Crippen LogP contribution >= 0.6 is 0 Å². The van der Waals surface area contributed by atoms with E-state index in [1.807, 2.05) is 19.2 Å². The maximum atomic E-state index is 5.71. The Morgan fingerprint density at radius 2 is 2.11 bits per heavy atom. The van der Waals surface area contributed by atoms with Gasteiger partial charge in [0.1, 0.15) is 0 Å². The predicted molar refractivity (Wildman–Crippen MR) is 75.4 cm³/mol. The molecule has 1 aliphatic heterocycles. The predicted octanol–water partition coefficient (Wildman–Crippen LogP) is 1.13. The first-order valence-corrected chi connectivity index (χ1v) is 6.51. The molecule has 0 aromatic heterocycles. The van der Waals surface area contributed by atoms with Gasteiger partial charge in [-0.3, -0.25) is 0 Å². The molecule has 1 atom stereocenters. The molecule has 0 saturated carbocycles. The number of methoxy groups -OCH3 is 2. The molecule has 106 valence electrons. The molecule has 1 heterocycles. The summed E-state index contributed by atoms with van der Waals surface area (Å²) in [7, 11) is 5.25. The first-order valence-electron chi connectivity index (χ1n) is 6.51. The van der Waals surface area contributed by atoms with E-state index in [0.29, 0.717) is 0 Å². The number of hydrogen-bond acceptors (Lipinski definition) is 5. The fourth-order valence-corrected chi connectivity index (χ4v) is 2.33. The number of benzene rings is 1. The highest BCUT2D eigenvalue weighted by molar-refractivity contribution is 5.56. The van der Waals surface area contributed by atoms with Crippen molar-refractivity contribution in [2.75, 3.05) is 52.4 Å². The van der Waals surface area contributed by atoms with E-state index in [9.17, 15) is 0 Å². The SMILES string of the molecule is CNCC1CN(c2ccc(OC)c(OC)c2)CCO1. The average molecular weight is 266 g/mol. The maximum absolute atomic E-state index is 5.71. The Hall–Kier alpha value is -1.46. The van der Waals surface area contributed by atoms with Crippen LogP contribution in [0.5, 0.6) is 11.5 Å². The van der Waals surface area contributed by atoms with Crippen molar-refractivity contribution >= 4 is 5.69 Å². The van der Waals surface area contributed by atoms with E-state index in [4.69, 9.17) is 14.2 Å². The lowest BCUT2D eigenvalue weighted by Gasteiger charge is -2.34. The molecule has 19 heavy (non-hydrogen) atoms. The van der Waals surface area contributed by atoms with Crippen LogP contribution in [-0.2, 0) is 4.74 Å². The number of hydrogen-bond donors (Lipinski definition) is 1. The first kappa shape index (κ1) is 14.0. The second-order valence-electron chi connectivity index (χ2n) is 4.54. The van der Waals surface area contributed by atoms with Crippen LogP contribution in [0.1, 0.15) is 0 Å². The van der Waals surface area contributed by atoms with Gasteiger partial charge in [0, 0.05) is 31.4 Å². The van der Waals surface area contributed by atoms with Crippen LogP contribution in [0, 0.1) is 0 Å². The summed E-state index contributed by atoms with van der Waals surface area (Å²) < 4.78 is 16.3. The Kier molecular flexibility index (Phi) is 4.87. The molecule has 5 nitrogen and oxygen atoms in total. The molecule has 1 fully saturated rings. The molecule has 1 aliphatic rings. The molecule has 1 unspecified atom stereocenters. The zero-order chi connectivity index (χ0) is 13.7. The molecule has 0 spiro atoms. The minimum Gasteiger partial charge on any atom is -0.493 e. The Morgan fingerprint density at radius 1 is 1.32 bits per heavy atom. The van der Waals surface area contributed by atoms with Crippen molar-refractivity contribution in [1.29, 1.82) is 0 Å². The van der Waals surface area contributed by atoms with E-state index in [2.05, 4.69) is 16.3 Å². The highest BCUT2D eigenvalue weighted by Gasteiger charge is 2.20. The van der Waals surface area contributed by atoms with E-state index in [0.717, 1.165) is 43.4 Å². The normalized spacial score (nSPS) is 19.3. The highest BCUT2D eigenvalue weighted by Crippen LogP contribution is 2.32. The van der Waals surface area contributed by atoms with Crippen molar-refractivity contribution in [3.8, 4) is 11.5 Å². The van der Waals surface area contributed by atoms with E-state index >= 15 is 0 Å². The minimum atomic E-state index is 0.229. The topological polar surface area (TPSA) is 43.0 Å². The molecule has 1 N–H and O–H groups in total. The lowest BCUT2D eigenvalue weighted by molar-refractivity contribution is 0.0421. The maximum Gasteiger partial charge on any atom is 0.162 e. The lowest BCUT2D eigenvalue weighted by atomic mass is 10.2. The number of anilines is 1. The van der Waals surface area contributed by atoms with E-state index < -0.39 is 0 Å². The molecule has 1 aromatic rings. The number of ether oxygens (including phenoxy) is 3. The summed E-state index contributed by atoms with van der Waals surface area (Å²) in [5, 5.41) is 3.15. The quantitative estimate of drug-likeness (QED) is 0.865. The van der Waals surface area contributed by atoms with Crippen molar-refractivity contribution < 1.29 is 14.2 Å². The van der Waals surface area contributed by atoms with Crippen molar-refractivity contribution in [1.82, 2.24) is 5.32 Å². The molecule has 5 heteroatoms. The van der Waals surface area contributed by atoms with Crippen molar-refractivity contribution in [3.05, 3.63) is 18.2 Å². The van der Waals surface area contributed by atoms with E-state index in [1.165, 1.54) is 0 Å². The van der Waals surface area contributed by atoms with E-state index in [-0.39, 0.29) is 6.10 Å². The van der Waals surface area contributed by atoms with Crippen LogP contribution in [0.2, 0.25) is 0 Å². The summed E-state index contributed by atoms with van der Waals surface area (Å²) in [4.78, 5) is 2.31. The first-order chi connectivity index (χ1) is 9.28. The number of nitrogens with zero attached hydrogens (tertiary/aromatic N) is 1. The van der Waals surface area contributed by atoms with Crippen molar-refractivity contribution in [3.63, 3.8) is 0 Å². The van der Waals surface area contributed by atoms with Gasteiger partial charge in [-0.25, -0.2) is 0 Å². The molecule has 1 saturated heterocycles. The summed E-state index contributed by atoms with van der Waals surface area (Å²) in [5.41, 5.74) is 1.14. The Labute approximate surface area is 114 Å². The van der Waals surface area contributed by atoms with Gasteiger partial charge in [-0.15, -0.1) is 0 Å². The van der Waals surface area contributed by atoms with Crippen LogP contribution in [0.15, 0.2) is 18.2 Å².